The van der Waals surface area contributed by atoms with E-state index in [4.69, 9.17) is 9.84 Å². The molecule has 3 rings (SSSR count). The zero-order chi connectivity index (χ0) is 25.8. The van der Waals surface area contributed by atoms with Crippen LogP contribution in [0.5, 0.6) is 5.75 Å². The van der Waals surface area contributed by atoms with Gasteiger partial charge in [0.2, 0.25) is 15.9 Å². The predicted molar refractivity (Wildman–Crippen MR) is 130 cm³/mol. The van der Waals surface area contributed by atoms with Crippen molar-refractivity contribution in [2.24, 2.45) is 0 Å². The van der Waals surface area contributed by atoms with Gasteiger partial charge in [0, 0.05) is 13.1 Å². The van der Waals surface area contributed by atoms with Gasteiger partial charge >= 0.3 is 5.97 Å². The number of aliphatic carboxylic acids is 1. The SMILES string of the molecule is CCCC[C@@H]1NN(c2ccc(F)cc2)c2cc(SCC)c(O/C=C(\F)C(=O)O)cc2S(=O)(=O)N1C. The molecule has 1 aliphatic heterocycles. The van der Waals surface area contributed by atoms with Gasteiger partial charge in [0.15, 0.2) is 0 Å². The minimum absolute atomic E-state index is 0.00459. The maximum atomic E-state index is 13.6. The number of hydrogen-bond donors (Lipinski definition) is 2. The van der Waals surface area contributed by atoms with Crippen LogP contribution in [0, 0.1) is 5.82 Å². The molecule has 2 aromatic carbocycles. The molecule has 0 unspecified atom stereocenters. The van der Waals surface area contributed by atoms with Crippen LogP contribution in [-0.2, 0) is 14.8 Å². The second-order valence-electron chi connectivity index (χ2n) is 7.71. The number of hydrazine groups is 1. The lowest BCUT2D eigenvalue weighted by Gasteiger charge is -2.31. The van der Waals surface area contributed by atoms with Gasteiger partial charge in [-0.3, -0.25) is 5.01 Å². The fraction of sp³-hybridized carbons (Fsp3) is 0.348. The number of fused-ring (bicyclic) bond motifs is 1. The lowest BCUT2D eigenvalue weighted by atomic mass is 10.2. The molecule has 0 radical (unpaired) electrons. The van der Waals surface area contributed by atoms with E-state index in [2.05, 4.69) is 5.43 Å². The van der Waals surface area contributed by atoms with Crippen LogP contribution < -0.4 is 15.2 Å². The summed E-state index contributed by atoms with van der Waals surface area (Å²) in [5.74, 6) is -3.19. The molecule has 0 saturated carbocycles. The number of ether oxygens (including phenoxy) is 1. The van der Waals surface area contributed by atoms with Gasteiger partial charge in [0.1, 0.15) is 22.7 Å². The first-order valence-electron chi connectivity index (χ1n) is 11.0. The molecule has 0 aromatic heterocycles. The first-order chi connectivity index (χ1) is 16.6. The van der Waals surface area contributed by atoms with E-state index in [-0.39, 0.29) is 16.3 Å². The van der Waals surface area contributed by atoms with E-state index in [0.29, 0.717) is 29.0 Å². The molecule has 0 spiro atoms. The number of unbranched alkanes of at least 4 members (excludes halogenated alkanes) is 1. The number of rotatable bonds is 9. The first-order valence-corrected chi connectivity index (χ1v) is 13.4. The molecule has 0 fully saturated rings. The monoisotopic (exact) mass is 527 g/mol. The van der Waals surface area contributed by atoms with Crippen LogP contribution in [0.15, 0.2) is 58.3 Å². The summed E-state index contributed by atoms with van der Waals surface area (Å²) in [6.45, 7) is 3.87. The van der Waals surface area contributed by atoms with Crippen LogP contribution in [-0.4, -0.2) is 42.8 Å². The summed E-state index contributed by atoms with van der Waals surface area (Å²) in [5.41, 5.74) is 4.04. The fourth-order valence-electron chi connectivity index (χ4n) is 3.51. The number of sulfonamides is 1. The van der Waals surface area contributed by atoms with Crippen LogP contribution in [0.2, 0.25) is 0 Å². The van der Waals surface area contributed by atoms with E-state index in [9.17, 15) is 22.0 Å². The second-order valence-corrected chi connectivity index (χ2v) is 11.0. The predicted octanol–water partition coefficient (Wildman–Crippen LogP) is 5.01. The molecular formula is C23H27F2N3O5S2. The first kappa shape index (κ1) is 26.9. The number of hydrogen-bond acceptors (Lipinski definition) is 7. The molecule has 1 heterocycles. The lowest BCUT2D eigenvalue weighted by Crippen LogP contribution is -2.49. The number of carboxylic acid groups (broad SMARTS) is 1. The van der Waals surface area contributed by atoms with Gasteiger partial charge in [0.05, 0.1) is 22.4 Å². The maximum Gasteiger partial charge on any atom is 0.368 e. The van der Waals surface area contributed by atoms with Crippen molar-refractivity contribution in [3.8, 4) is 5.75 Å². The number of anilines is 2. The van der Waals surface area contributed by atoms with Crippen molar-refractivity contribution in [3.05, 3.63) is 54.3 Å². The summed E-state index contributed by atoms with van der Waals surface area (Å²) in [4.78, 5) is 11.2. The summed E-state index contributed by atoms with van der Waals surface area (Å²) >= 11 is 1.31. The van der Waals surface area contributed by atoms with Crippen molar-refractivity contribution in [1.82, 2.24) is 9.73 Å². The van der Waals surface area contributed by atoms with E-state index < -0.39 is 33.8 Å². The average Bonchev–Trinajstić information content (AvgIpc) is 2.90. The summed E-state index contributed by atoms with van der Waals surface area (Å²) < 4.78 is 61.0. The Morgan fingerprint density at radius 1 is 1.26 bits per heavy atom. The average molecular weight is 528 g/mol. The smallest absolute Gasteiger partial charge is 0.368 e. The van der Waals surface area contributed by atoms with Crippen LogP contribution in [0.25, 0.3) is 0 Å². The van der Waals surface area contributed by atoms with Gasteiger partial charge in [0.25, 0.3) is 0 Å². The number of benzene rings is 2. The Balaban J connectivity index is 2.24. The van der Waals surface area contributed by atoms with Crippen LogP contribution in [0.3, 0.4) is 0 Å². The standard InChI is InChI=1S/C23H27F2N3O5S2/c1-4-6-7-22-26-28(16-10-8-15(24)9-11-16)18-12-20(34-5-2)19(33-14-17(25)23(29)30)13-21(18)35(31,32)27(22)3/h8-14,22,26H,4-7H2,1-3H3,(H,29,30)/b17-14-/t22-/m1/s1. The molecule has 1 atom stereocenters. The molecule has 2 aromatic rings. The summed E-state index contributed by atoms with van der Waals surface area (Å²) in [6.07, 6.45) is 1.96. The maximum absolute atomic E-state index is 13.6. The van der Waals surface area contributed by atoms with Gasteiger partial charge in [-0.25, -0.2) is 23.0 Å². The lowest BCUT2D eigenvalue weighted by molar-refractivity contribution is -0.134. The molecule has 8 nitrogen and oxygen atoms in total. The molecule has 190 valence electrons. The molecule has 0 saturated heterocycles. The Hall–Kier alpha value is -2.67. The second kappa shape index (κ2) is 11.4. The fourth-order valence-corrected chi connectivity index (χ4v) is 5.73. The number of nitrogens with one attached hydrogen (secondary N) is 1. The number of carbonyl (C=O) groups is 1. The Kier molecular flexibility index (Phi) is 8.75. The highest BCUT2D eigenvalue weighted by Gasteiger charge is 2.37. The quantitative estimate of drug-likeness (QED) is 0.267. The zero-order valence-electron chi connectivity index (χ0n) is 19.5. The van der Waals surface area contributed by atoms with Crippen molar-refractivity contribution in [1.29, 1.82) is 0 Å². The largest absolute Gasteiger partial charge is 0.476 e. The van der Waals surface area contributed by atoms with E-state index in [1.165, 1.54) is 53.4 Å². The minimum atomic E-state index is -4.06. The molecule has 2 N–H and O–H groups in total. The Morgan fingerprint density at radius 2 is 1.94 bits per heavy atom. The third-order valence-corrected chi connectivity index (χ3v) is 8.16. The Bertz CT molecular complexity index is 1210. The van der Waals surface area contributed by atoms with E-state index in [0.717, 1.165) is 12.8 Å². The summed E-state index contributed by atoms with van der Waals surface area (Å²) in [7, 11) is -2.60. The van der Waals surface area contributed by atoms with Gasteiger partial charge in [-0.1, -0.05) is 26.7 Å². The topological polar surface area (TPSA) is 99.2 Å². The van der Waals surface area contributed by atoms with Crippen LogP contribution in [0.1, 0.15) is 33.1 Å². The molecule has 0 bridgehead atoms. The third kappa shape index (κ3) is 5.95. The van der Waals surface area contributed by atoms with Crippen molar-refractivity contribution in [2.45, 2.75) is 49.1 Å². The van der Waals surface area contributed by atoms with Crippen molar-refractivity contribution >= 4 is 39.1 Å². The molecule has 35 heavy (non-hydrogen) atoms. The molecular weight excluding hydrogens is 500 g/mol. The molecule has 12 heteroatoms. The normalized spacial score (nSPS) is 18.1. The Labute approximate surface area is 207 Å². The number of halogens is 2. The number of nitrogens with zero attached hydrogens (tertiary/aromatic N) is 2. The van der Waals surface area contributed by atoms with E-state index >= 15 is 0 Å². The number of thioether (sulfide) groups is 1. The van der Waals surface area contributed by atoms with Crippen LogP contribution >= 0.6 is 11.8 Å². The highest BCUT2D eigenvalue weighted by Crippen LogP contribution is 2.43. The minimum Gasteiger partial charge on any atom is -0.476 e. The third-order valence-electron chi connectivity index (χ3n) is 5.35. The van der Waals surface area contributed by atoms with Gasteiger partial charge in [-0.05, 0) is 42.5 Å². The highest BCUT2D eigenvalue weighted by atomic mass is 32.2. The van der Waals surface area contributed by atoms with Crippen molar-refractivity contribution in [2.75, 3.05) is 17.8 Å². The molecule has 1 aliphatic rings. The molecule has 0 amide bonds. The van der Waals surface area contributed by atoms with E-state index in [1.54, 1.807) is 11.1 Å². The Morgan fingerprint density at radius 3 is 2.54 bits per heavy atom. The van der Waals surface area contributed by atoms with Crippen molar-refractivity contribution in [3.63, 3.8) is 0 Å². The summed E-state index contributed by atoms with van der Waals surface area (Å²) in [6, 6.07) is 8.45. The van der Waals surface area contributed by atoms with Crippen molar-refractivity contribution < 1.29 is 31.8 Å². The summed E-state index contributed by atoms with van der Waals surface area (Å²) in [5, 5.41) is 10.4. The number of carboxylic acids is 1. The zero-order valence-corrected chi connectivity index (χ0v) is 21.1. The van der Waals surface area contributed by atoms with E-state index in [1.807, 2.05) is 13.8 Å². The van der Waals surface area contributed by atoms with Gasteiger partial charge < -0.3 is 9.84 Å². The van der Waals surface area contributed by atoms with Gasteiger partial charge in [-0.2, -0.15) is 8.70 Å². The highest BCUT2D eigenvalue weighted by molar-refractivity contribution is 7.99. The van der Waals surface area contributed by atoms with Gasteiger partial charge in [-0.15, -0.1) is 11.8 Å². The van der Waals surface area contributed by atoms with Crippen LogP contribution in [0.4, 0.5) is 20.2 Å². The molecule has 0 aliphatic carbocycles.